The summed E-state index contributed by atoms with van der Waals surface area (Å²) >= 11 is 0. The van der Waals surface area contributed by atoms with E-state index in [1.54, 1.807) is 38.4 Å². The molecule has 0 aliphatic carbocycles. The molecule has 1 heterocycles. The van der Waals surface area contributed by atoms with Gasteiger partial charge in [-0.3, -0.25) is 14.4 Å². The van der Waals surface area contributed by atoms with Crippen LogP contribution in [0.15, 0.2) is 24.3 Å². The van der Waals surface area contributed by atoms with Crippen LogP contribution >= 0.6 is 0 Å². The molecule has 1 aliphatic rings. The molecule has 6 heteroatoms. The van der Waals surface area contributed by atoms with Gasteiger partial charge in [-0.1, -0.05) is 6.07 Å². The van der Waals surface area contributed by atoms with Gasteiger partial charge in [0.25, 0.3) is 5.91 Å². The van der Waals surface area contributed by atoms with Crippen molar-refractivity contribution in [3.8, 4) is 0 Å². The molecule has 2 rings (SSSR count). The van der Waals surface area contributed by atoms with Crippen LogP contribution in [-0.4, -0.2) is 43.3 Å². The lowest BCUT2D eigenvalue weighted by molar-refractivity contribution is -0.123. The highest BCUT2D eigenvalue weighted by Gasteiger charge is 2.27. The highest BCUT2D eigenvalue weighted by molar-refractivity contribution is 5.99. The molecule has 0 aromatic heterocycles. The standard InChI is InChI=1S/C14H17N3O3/c1-17(2)14(20)9-4-3-5-11(6-9)16-13(19)10-7-12(18)15-8-10/h3-6,10H,7-8H2,1-2H3,(H,15,18)(H,16,19). The number of benzene rings is 1. The van der Waals surface area contributed by atoms with Crippen molar-refractivity contribution in [3.05, 3.63) is 29.8 Å². The van der Waals surface area contributed by atoms with Crippen LogP contribution in [0, 0.1) is 5.92 Å². The molecular formula is C14H17N3O3. The van der Waals surface area contributed by atoms with Crippen LogP contribution in [0.1, 0.15) is 16.8 Å². The molecule has 0 spiro atoms. The van der Waals surface area contributed by atoms with E-state index in [-0.39, 0.29) is 30.1 Å². The van der Waals surface area contributed by atoms with E-state index in [9.17, 15) is 14.4 Å². The molecule has 6 nitrogen and oxygen atoms in total. The van der Waals surface area contributed by atoms with E-state index >= 15 is 0 Å². The molecule has 1 aromatic rings. The van der Waals surface area contributed by atoms with Gasteiger partial charge in [-0.2, -0.15) is 0 Å². The van der Waals surface area contributed by atoms with Crippen LogP contribution in [0.2, 0.25) is 0 Å². The Bertz CT molecular complexity index is 554. The minimum absolute atomic E-state index is 0.110. The molecule has 1 atom stereocenters. The van der Waals surface area contributed by atoms with Crippen LogP contribution in [0.4, 0.5) is 5.69 Å². The Morgan fingerprint density at radius 2 is 2.10 bits per heavy atom. The average molecular weight is 275 g/mol. The number of rotatable bonds is 3. The lowest BCUT2D eigenvalue weighted by Gasteiger charge is -2.13. The van der Waals surface area contributed by atoms with Gasteiger partial charge in [-0.25, -0.2) is 0 Å². The number of nitrogens with zero attached hydrogens (tertiary/aromatic N) is 1. The number of hydrogen-bond acceptors (Lipinski definition) is 3. The lowest BCUT2D eigenvalue weighted by atomic mass is 10.1. The lowest BCUT2D eigenvalue weighted by Crippen LogP contribution is -2.25. The predicted molar refractivity (Wildman–Crippen MR) is 74.2 cm³/mol. The largest absolute Gasteiger partial charge is 0.355 e. The fraction of sp³-hybridized carbons (Fsp3) is 0.357. The number of anilines is 1. The Morgan fingerprint density at radius 3 is 2.70 bits per heavy atom. The molecule has 0 radical (unpaired) electrons. The Morgan fingerprint density at radius 1 is 1.35 bits per heavy atom. The number of nitrogens with one attached hydrogen (secondary N) is 2. The van der Waals surface area contributed by atoms with E-state index in [1.807, 2.05) is 0 Å². The maximum Gasteiger partial charge on any atom is 0.253 e. The van der Waals surface area contributed by atoms with Gasteiger partial charge >= 0.3 is 0 Å². The highest BCUT2D eigenvalue weighted by Crippen LogP contribution is 2.16. The number of carbonyl (C=O) groups excluding carboxylic acids is 3. The Hall–Kier alpha value is -2.37. The minimum atomic E-state index is -0.351. The summed E-state index contributed by atoms with van der Waals surface area (Å²) in [6, 6.07) is 6.75. The molecule has 1 saturated heterocycles. The molecule has 1 unspecified atom stereocenters. The molecule has 0 saturated carbocycles. The second kappa shape index (κ2) is 5.73. The summed E-state index contributed by atoms with van der Waals surface area (Å²) in [5, 5.41) is 5.36. The van der Waals surface area contributed by atoms with E-state index in [0.717, 1.165) is 0 Å². The van der Waals surface area contributed by atoms with E-state index in [1.165, 1.54) is 4.90 Å². The van der Waals surface area contributed by atoms with Crippen LogP contribution in [0.3, 0.4) is 0 Å². The predicted octanol–water partition coefficient (Wildman–Crippen LogP) is 0.463. The minimum Gasteiger partial charge on any atom is -0.355 e. The fourth-order valence-corrected chi connectivity index (χ4v) is 2.02. The van der Waals surface area contributed by atoms with E-state index in [0.29, 0.717) is 17.8 Å². The number of carbonyl (C=O) groups is 3. The monoisotopic (exact) mass is 275 g/mol. The van der Waals surface area contributed by atoms with Crippen LogP contribution in [-0.2, 0) is 9.59 Å². The third-order valence-corrected chi connectivity index (χ3v) is 3.13. The average Bonchev–Trinajstić information content (AvgIpc) is 2.85. The van der Waals surface area contributed by atoms with Gasteiger partial charge < -0.3 is 15.5 Å². The second-order valence-electron chi connectivity index (χ2n) is 4.97. The summed E-state index contributed by atoms with van der Waals surface area (Å²) in [4.78, 5) is 36.4. The first kappa shape index (κ1) is 14.0. The van der Waals surface area contributed by atoms with Crippen molar-refractivity contribution < 1.29 is 14.4 Å². The van der Waals surface area contributed by atoms with Gasteiger partial charge in [0.1, 0.15) is 0 Å². The van der Waals surface area contributed by atoms with Gasteiger partial charge in [-0.15, -0.1) is 0 Å². The Kier molecular flexibility index (Phi) is 4.02. The van der Waals surface area contributed by atoms with E-state index < -0.39 is 0 Å². The zero-order valence-corrected chi connectivity index (χ0v) is 11.5. The van der Waals surface area contributed by atoms with E-state index in [2.05, 4.69) is 10.6 Å². The van der Waals surface area contributed by atoms with Gasteiger partial charge in [0.05, 0.1) is 5.92 Å². The molecule has 0 bridgehead atoms. The summed E-state index contributed by atoms with van der Waals surface area (Å²) in [7, 11) is 3.34. The first-order chi connectivity index (χ1) is 9.47. The zero-order valence-electron chi connectivity index (χ0n) is 11.5. The smallest absolute Gasteiger partial charge is 0.253 e. The Balaban J connectivity index is 2.06. The SMILES string of the molecule is CN(C)C(=O)c1cccc(NC(=O)C2CNC(=O)C2)c1. The highest BCUT2D eigenvalue weighted by atomic mass is 16.2. The van der Waals surface area contributed by atoms with Crippen LogP contribution in [0.5, 0.6) is 0 Å². The van der Waals surface area contributed by atoms with Crippen molar-refractivity contribution in [1.82, 2.24) is 10.2 Å². The van der Waals surface area contributed by atoms with Crippen molar-refractivity contribution in [2.45, 2.75) is 6.42 Å². The third-order valence-electron chi connectivity index (χ3n) is 3.13. The number of amides is 3. The van der Waals surface area contributed by atoms with Crippen molar-refractivity contribution in [1.29, 1.82) is 0 Å². The molecule has 2 N–H and O–H groups in total. The maximum atomic E-state index is 12.0. The molecule has 20 heavy (non-hydrogen) atoms. The van der Waals surface area contributed by atoms with Gasteiger partial charge in [0.15, 0.2) is 0 Å². The first-order valence-corrected chi connectivity index (χ1v) is 6.36. The zero-order chi connectivity index (χ0) is 14.7. The summed E-state index contributed by atoms with van der Waals surface area (Å²) in [6.07, 6.45) is 0.210. The number of hydrogen-bond donors (Lipinski definition) is 2. The first-order valence-electron chi connectivity index (χ1n) is 6.36. The van der Waals surface area contributed by atoms with E-state index in [4.69, 9.17) is 0 Å². The normalized spacial score (nSPS) is 17.5. The summed E-state index contributed by atoms with van der Waals surface area (Å²) < 4.78 is 0. The maximum absolute atomic E-state index is 12.0. The van der Waals surface area contributed by atoms with Gasteiger partial charge in [0.2, 0.25) is 11.8 Å². The molecular weight excluding hydrogens is 258 g/mol. The third kappa shape index (κ3) is 3.14. The van der Waals surface area contributed by atoms with Crippen molar-refractivity contribution in [2.75, 3.05) is 26.0 Å². The molecule has 3 amide bonds. The van der Waals surface area contributed by atoms with Crippen LogP contribution < -0.4 is 10.6 Å². The summed E-state index contributed by atoms with van der Waals surface area (Å²) in [5.41, 5.74) is 1.07. The molecule has 106 valence electrons. The summed E-state index contributed by atoms with van der Waals surface area (Å²) in [5.74, 6) is -0.797. The fourth-order valence-electron chi connectivity index (χ4n) is 2.02. The Labute approximate surface area is 117 Å². The summed E-state index contributed by atoms with van der Waals surface area (Å²) in [6.45, 7) is 0.362. The van der Waals surface area contributed by atoms with Crippen molar-refractivity contribution in [3.63, 3.8) is 0 Å². The van der Waals surface area contributed by atoms with Crippen molar-refractivity contribution in [2.24, 2.45) is 5.92 Å². The van der Waals surface area contributed by atoms with Gasteiger partial charge in [-0.05, 0) is 18.2 Å². The molecule has 1 aromatic carbocycles. The molecule has 1 aliphatic heterocycles. The topological polar surface area (TPSA) is 78.5 Å². The van der Waals surface area contributed by atoms with Crippen molar-refractivity contribution >= 4 is 23.4 Å². The van der Waals surface area contributed by atoms with Crippen LogP contribution in [0.25, 0.3) is 0 Å². The molecule has 1 fully saturated rings. The quantitative estimate of drug-likeness (QED) is 0.841. The second-order valence-corrected chi connectivity index (χ2v) is 4.97. The van der Waals surface area contributed by atoms with Gasteiger partial charge in [0, 0.05) is 38.3 Å².